The Labute approximate surface area is 203 Å². The Morgan fingerprint density at radius 1 is 1.06 bits per heavy atom. The van der Waals surface area contributed by atoms with E-state index in [1.807, 2.05) is 11.9 Å². The Morgan fingerprint density at radius 3 is 2.34 bits per heavy atom. The van der Waals surface area contributed by atoms with Crippen LogP contribution in [0.1, 0.15) is 44.2 Å². The largest absolute Gasteiger partial charge is 0.370 e. The highest BCUT2D eigenvalue weighted by Crippen LogP contribution is 2.38. The van der Waals surface area contributed by atoms with E-state index in [-0.39, 0.29) is 35.3 Å². The SMILES string of the molecule is Cn1c(=O)cc(N(C)[C@H]2CC[C@@H](N(C(=O)C3CC3)c3ccc(F)cc3)CC2)c2nc(C#N)ccc21. The molecule has 2 aliphatic rings. The van der Waals surface area contributed by atoms with Gasteiger partial charge in [0.1, 0.15) is 23.1 Å². The van der Waals surface area contributed by atoms with E-state index < -0.39 is 0 Å². The number of amides is 1. The zero-order chi connectivity index (χ0) is 24.7. The van der Waals surface area contributed by atoms with Crippen molar-refractivity contribution in [1.29, 1.82) is 5.26 Å². The molecule has 0 saturated heterocycles. The predicted molar refractivity (Wildman–Crippen MR) is 133 cm³/mol. The number of carbonyl (C=O) groups excluding carboxylic acids is 1. The number of carbonyl (C=O) groups is 1. The second-order valence-electron chi connectivity index (χ2n) is 9.64. The van der Waals surface area contributed by atoms with Gasteiger partial charge in [-0.15, -0.1) is 0 Å². The molecular weight excluding hydrogens is 445 g/mol. The Bertz CT molecular complexity index is 1370. The number of pyridine rings is 2. The molecule has 35 heavy (non-hydrogen) atoms. The number of halogens is 1. The lowest BCUT2D eigenvalue weighted by atomic mass is 9.88. The third-order valence-electron chi connectivity index (χ3n) is 7.41. The van der Waals surface area contributed by atoms with Gasteiger partial charge in [-0.1, -0.05) is 0 Å². The van der Waals surface area contributed by atoms with Crippen molar-refractivity contribution in [2.24, 2.45) is 13.0 Å². The van der Waals surface area contributed by atoms with Crippen molar-refractivity contribution in [3.63, 3.8) is 0 Å². The van der Waals surface area contributed by atoms with Crippen molar-refractivity contribution in [2.75, 3.05) is 16.8 Å². The molecule has 1 aromatic carbocycles. The minimum Gasteiger partial charge on any atom is -0.370 e. The maximum Gasteiger partial charge on any atom is 0.252 e. The zero-order valence-electron chi connectivity index (χ0n) is 19.9. The van der Waals surface area contributed by atoms with Gasteiger partial charge in [-0.05, 0) is 74.9 Å². The lowest BCUT2D eigenvalue weighted by Crippen LogP contribution is -2.46. The van der Waals surface area contributed by atoms with E-state index in [9.17, 15) is 19.2 Å². The molecule has 1 amide bonds. The number of nitrogens with zero attached hydrogens (tertiary/aromatic N) is 5. The molecule has 8 heteroatoms. The van der Waals surface area contributed by atoms with Crippen molar-refractivity contribution in [1.82, 2.24) is 9.55 Å². The van der Waals surface area contributed by atoms with Gasteiger partial charge >= 0.3 is 0 Å². The molecule has 3 aromatic rings. The van der Waals surface area contributed by atoms with Crippen molar-refractivity contribution < 1.29 is 9.18 Å². The minimum atomic E-state index is -0.313. The first-order chi connectivity index (χ1) is 16.9. The van der Waals surface area contributed by atoms with Gasteiger partial charge in [0.05, 0.1) is 11.2 Å². The third kappa shape index (κ3) is 4.39. The summed E-state index contributed by atoms with van der Waals surface area (Å²) in [6, 6.07) is 13.5. The molecule has 180 valence electrons. The molecule has 2 heterocycles. The van der Waals surface area contributed by atoms with E-state index >= 15 is 0 Å². The van der Waals surface area contributed by atoms with Crippen LogP contribution in [0.5, 0.6) is 0 Å². The van der Waals surface area contributed by atoms with E-state index in [0.717, 1.165) is 44.2 Å². The molecule has 2 aromatic heterocycles. The number of nitriles is 1. The Morgan fingerprint density at radius 2 is 1.71 bits per heavy atom. The van der Waals surface area contributed by atoms with Gasteiger partial charge < -0.3 is 14.4 Å². The number of anilines is 2. The van der Waals surface area contributed by atoms with Crippen LogP contribution in [0.25, 0.3) is 11.0 Å². The van der Waals surface area contributed by atoms with Crippen molar-refractivity contribution in [2.45, 2.75) is 50.6 Å². The van der Waals surface area contributed by atoms with Crippen molar-refractivity contribution in [3.8, 4) is 6.07 Å². The fourth-order valence-corrected chi connectivity index (χ4v) is 5.19. The van der Waals surface area contributed by atoms with Gasteiger partial charge in [-0.25, -0.2) is 9.37 Å². The standard InChI is InChI=1S/C27H28FN5O2/c1-31(24-15-25(34)32(2)23-14-7-19(16-29)30-26(23)24)20-10-12-22(13-11-20)33(27(35)17-3-4-17)21-8-5-18(28)6-9-21/h5-9,14-15,17,20,22H,3-4,10-13H2,1-2H3/t20-,22+. The Hall–Kier alpha value is -3.73. The first-order valence-corrected chi connectivity index (χ1v) is 12.1. The highest BCUT2D eigenvalue weighted by atomic mass is 19.1. The number of benzene rings is 1. The van der Waals surface area contributed by atoms with Crippen LogP contribution in [0, 0.1) is 23.1 Å². The van der Waals surface area contributed by atoms with E-state index in [1.54, 1.807) is 41.9 Å². The van der Waals surface area contributed by atoms with E-state index in [4.69, 9.17) is 0 Å². The summed E-state index contributed by atoms with van der Waals surface area (Å²) in [4.78, 5) is 34.3. The number of aromatic nitrogens is 2. The van der Waals surface area contributed by atoms with Gasteiger partial charge in [0.2, 0.25) is 5.91 Å². The fourth-order valence-electron chi connectivity index (χ4n) is 5.19. The fraction of sp³-hybridized carbons (Fsp3) is 0.407. The molecule has 7 nitrogen and oxygen atoms in total. The molecule has 0 radical (unpaired) electrons. The molecule has 0 N–H and O–H groups in total. The summed E-state index contributed by atoms with van der Waals surface area (Å²) in [6.45, 7) is 0. The van der Waals surface area contributed by atoms with Crippen LogP contribution in [0.3, 0.4) is 0 Å². The molecule has 0 bridgehead atoms. The maximum absolute atomic E-state index is 13.5. The van der Waals surface area contributed by atoms with Gasteiger partial charge in [0.15, 0.2) is 0 Å². The molecule has 0 spiro atoms. The number of fused-ring (bicyclic) bond motifs is 1. The molecule has 2 aliphatic carbocycles. The first-order valence-electron chi connectivity index (χ1n) is 12.1. The van der Waals surface area contributed by atoms with Crippen LogP contribution in [-0.2, 0) is 11.8 Å². The van der Waals surface area contributed by atoms with Crippen LogP contribution in [0.15, 0.2) is 47.3 Å². The summed E-state index contributed by atoms with van der Waals surface area (Å²) in [5.41, 5.74) is 2.97. The number of hydrogen-bond donors (Lipinski definition) is 0. The van der Waals surface area contributed by atoms with Crippen LogP contribution in [-0.4, -0.2) is 34.6 Å². The van der Waals surface area contributed by atoms with Gasteiger partial charge in [-0.3, -0.25) is 9.59 Å². The maximum atomic E-state index is 13.5. The zero-order valence-corrected chi connectivity index (χ0v) is 19.9. The second kappa shape index (κ2) is 9.14. The molecule has 0 unspecified atom stereocenters. The lowest BCUT2D eigenvalue weighted by Gasteiger charge is -2.40. The summed E-state index contributed by atoms with van der Waals surface area (Å²) in [7, 11) is 3.67. The van der Waals surface area contributed by atoms with Crippen LogP contribution >= 0.6 is 0 Å². The molecule has 2 saturated carbocycles. The topological polar surface area (TPSA) is 82.2 Å². The molecule has 0 aliphatic heterocycles. The summed E-state index contributed by atoms with van der Waals surface area (Å²) in [5, 5.41) is 9.33. The van der Waals surface area contributed by atoms with Gasteiger partial charge in [0, 0.05) is 43.9 Å². The van der Waals surface area contributed by atoms with Crippen LogP contribution in [0.4, 0.5) is 15.8 Å². The Balaban J connectivity index is 1.39. The van der Waals surface area contributed by atoms with Gasteiger partial charge in [0.25, 0.3) is 5.56 Å². The molecule has 2 fully saturated rings. The van der Waals surface area contributed by atoms with E-state index in [1.165, 1.54) is 12.1 Å². The summed E-state index contributed by atoms with van der Waals surface area (Å²) in [5.74, 6) is -0.0979. The van der Waals surface area contributed by atoms with E-state index in [2.05, 4.69) is 16.0 Å². The summed E-state index contributed by atoms with van der Waals surface area (Å²) < 4.78 is 15.1. The monoisotopic (exact) mass is 473 g/mol. The normalized spacial score (nSPS) is 19.8. The second-order valence-corrected chi connectivity index (χ2v) is 9.64. The average Bonchev–Trinajstić information content (AvgIpc) is 3.73. The van der Waals surface area contributed by atoms with Crippen molar-refractivity contribution in [3.05, 3.63) is 64.3 Å². The Kier molecular flexibility index (Phi) is 6.01. The summed E-state index contributed by atoms with van der Waals surface area (Å²) >= 11 is 0. The smallest absolute Gasteiger partial charge is 0.252 e. The first kappa shape index (κ1) is 23.0. The molecule has 5 rings (SSSR count). The average molecular weight is 474 g/mol. The van der Waals surface area contributed by atoms with Gasteiger partial charge in [-0.2, -0.15) is 5.26 Å². The lowest BCUT2D eigenvalue weighted by molar-refractivity contribution is -0.120. The van der Waals surface area contributed by atoms with Crippen LogP contribution < -0.4 is 15.4 Å². The highest BCUT2D eigenvalue weighted by molar-refractivity contribution is 5.97. The number of aryl methyl sites for hydroxylation is 1. The number of hydrogen-bond acceptors (Lipinski definition) is 5. The van der Waals surface area contributed by atoms with Crippen LogP contribution in [0.2, 0.25) is 0 Å². The minimum absolute atomic E-state index is 0.0573. The molecular formula is C27H28FN5O2. The molecule has 0 atom stereocenters. The van der Waals surface area contributed by atoms with E-state index in [0.29, 0.717) is 22.4 Å². The highest BCUT2D eigenvalue weighted by Gasteiger charge is 2.39. The predicted octanol–water partition coefficient (Wildman–Crippen LogP) is 4.13. The summed E-state index contributed by atoms with van der Waals surface area (Å²) in [6.07, 6.45) is 5.14. The quantitative estimate of drug-likeness (QED) is 0.556. The number of rotatable bonds is 5. The third-order valence-corrected chi connectivity index (χ3v) is 7.41. The van der Waals surface area contributed by atoms with Crippen molar-refractivity contribution >= 4 is 28.3 Å².